The topological polar surface area (TPSA) is 12.4 Å². The second-order valence-electron chi connectivity index (χ2n) is 2.63. The monoisotopic (exact) mass is 193 g/mol. The minimum absolute atomic E-state index is 0.275. The summed E-state index contributed by atoms with van der Waals surface area (Å²) in [5.41, 5.74) is 0.803. The Bertz CT molecular complexity index is 213. The van der Waals surface area contributed by atoms with Crippen LogP contribution in [0.1, 0.15) is 26.7 Å². The molecule has 0 fully saturated rings. The van der Waals surface area contributed by atoms with Gasteiger partial charge in [-0.2, -0.15) is 13.2 Å². The van der Waals surface area contributed by atoms with Crippen molar-refractivity contribution in [3.05, 3.63) is 11.6 Å². The third-order valence-corrected chi connectivity index (χ3v) is 1.71. The van der Waals surface area contributed by atoms with Crippen LogP contribution in [0.25, 0.3) is 0 Å². The van der Waals surface area contributed by atoms with Gasteiger partial charge in [0, 0.05) is 12.8 Å². The summed E-state index contributed by atoms with van der Waals surface area (Å²) in [5.74, 6) is 0. The highest BCUT2D eigenvalue weighted by Gasteiger charge is 2.29. The van der Waals surface area contributed by atoms with E-state index < -0.39 is 12.6 Å². The molecule has 0 atom stereocenters. The van der Waals surface area contributed by atoms with E-state index >= 15 is 0 Å². The Morgan fingerprint density at radius 2 is 1.92 bits per heavy atom. The number of hydrogen-bond donors (Lipinski definition) is 0. The Morgan fingerprint density at radius 1 is 1.38 bits per heavy atom. The molecule has 0 N–H and O–H groups in total. The highest BCUT2D eigenvalue weighted by Crippen LogP contribution is 2.25. The molecule has 0 saturated heterocycles. The van der Waals surface area contributed by atoms with E-state index in [4.69, 9.17) is 0 Å². The molecule has 0 amide bonds. The number of hydrogen-bond acceptors (Lipinski definition) is 1. The summed E-state index contributed by atoms with van der Waals surface area (Å²) in [6, 6.07) is 0. The van der Waals surface area contributed by atoms with Crippen molar-refractivity contribution in [3.8, 4) is 0 Å². The Hall–Kier alpha value is -0.800. The van der Waals surface area contributed by atoms with Crippen LogP contribution < -0.4 is 0 Å². The molecule has 0 aromatic rings. The molecule has 0 aromatic heterocycles. The zero-order chi connectivity index (χ0) is 10.5. The molecule has 0 aliphatic heterocycles. The van der Waals surface area contributed by atoms with Gasteiger partial charge in [-0.3, -0.25) is 4.99 Å². The molecule has 0 aliphatic rings. The van der Waals surface area contributed by atoms with E-state index in [1.165, 1.54) is 13.1 Å². The van der Waals surface area contributed by atoms with Gasteiger partial charge in [0.1, 0.15) is 0 Å². The predicted octanol–water partition coefficient (Wildman–Crippen LogP) is 3.37. The van der Waals surface area contributed by atoms with Gasteiger partial charge in [-0.25, -0.2) is 0 Å². The van der Waals surface area contributed by atoms with Crippen molar-refractivity contribution < 1.29 is 13.2 Å². The molecule has 4 heteroatoms. The molecule has 0 spiro atoms. The van der Waals surface area contributed by atoms with Crippen LogP contribution in [0, 0.1) is 0 Å². The Balaban J connectivity index is 4.55. The second kappa shape index (κ2) is 5.04. The van der Waals surface area contributed by atoms with Crippen molar-refractivity contribution in [2.45, 2.75) is 32.9 Å². The number of allylic oxidation sites excluding steroid dienone is 2. The van der Waals surface area contributed by atoms with Gasteiger partial charge in [-0.05, 0) is 18.9 Å². The first kappa shape index (κ1) is 12.2. The molecular weight excluding hydrogens is 179 g/mol. The van der Waals surface area contributed by atoms with Gasteiger partial charge in [0.15, 0.2) is 0 Å². The van der Waals surface area contributed by atoms with Crippen molar-refractivity contribution in [1.29, 1.82) is 0 Å². The van der Waals surface area contributed by atoms with Gasteiger partial charge in [0.05, 0.1) is 6.42 Å². The van der Waals surface area contributed by atoms with Gasteiger partial charge in [-0.1, -0.05) is 13.0 Å². The van der Waals surface area contributed by atoms with Crippen LogP contribution in [-0.2, 0) is 0 Å². The molecule has 76 valence electrons. The first-order valence-electron chi connectivity index (χ1n) is 4.12. The maximum atomic E-state index is 12.0. The minimum Gasteiger partial charge on any atom is -0.293 e. The van der Waals surface area contributed by atoms with Crippen LogP contribution in [0.2, 0.25) is 0 Å². The lowest BCUT2D eigenvalue weighted by Crippen LogP contribution is -2.13. The third-order valence-electron chi connectivity index (χ3n) is 1.71. The molecular formula is C9H14F3N. The quantitative estimate of drug-likeness (QED) is 0.609. The number of halogens is 3. The Morgan fingerprint density at radius 3 is 2.15 bits per heavy atom. The van der Waals surface area contributed by atoms with Gasteiger partial charge >= 0.3 is 6.18 Å². The average molecular weight is 193 g/mol. The van der Waals surface area contributed by atoms with E-state index in [1.54, 1.807) is 13.8 Å². The minimum atomic E-state index is -4.15. The van der Waals surface area contributed by atoms with Crippen molar-refractivity contribution in [3.63, 3.8) is 0 Å². The SMILES string of the molecule is C/C=C(/CC(F)(F)F)C(CC)=NC. The summed E-state index contributed by atoms with van der Waals surface area (Å²) in [6.45, 7) is 3.39. The molecule has 0 unspecified atom stereocenters. The molecule has 1 nitrogen and oxygen atoms in total. The van der Waals surface area contributed by atoms with E-state index in [0.29, 0.717) is 12.1 Å². The fraction of sp³-hybridized carbons (Fsp3) is 0.667. The smallest absolute Gasteiger partial charge is 0.293 e. The zero-order valence-electron chi connectivity index (χ0n) is 8.07. The summed E-state index contributed by atoms with van der Waals surface area (Å²) >= 11 is 0. The van der Waals surface area contributed by atoms with Crippen LogP contribution in [-0.4, -0.2) is 18.9 Å². The van der Waals surface area contributed by atoms with Crippen molar-refractivity contribution in [2.24, 2.45) is 4.99 Å². The first-order valence-corrected chi connectivity index (χ1v) is 4.12. The molecule has 13 heavy (non-hydrogen) atoms. The zero-order valence-corrected chi connectivity index (χ0v) is 8.07. The summed E-state index contributed by atoms with van der Waals surface area (Å²) in [4.78, 5) is 3.81. The number of nitrogens with zero attached hydrogens (tertiary/aromatic N) is 1. The van der Waals surface area contributed by atoms with Crippen LogP contribution in [0.4, 0.5) is 13.2 Å². The maximum absolute atomic E-state index is 12.0. The predicted molar refractivity (Wildman–Crippen MR) is 48.1 cm³/mol. The molecule has 0 saturated carbocycles. The van der Waals surface area contributed by atoms with Crippen LogP contribution in [0.3, 0.4) is 0 Å². The normalized spacial score (nSPS) is 14.9. The van der Waals surface area contributed by atoms with E-state index in [0.717, 1.165) is 0 Å². The summed E-state index contributed by atoms with van der Waals surface area (Å²) in [7, 11) is 1.51. The summed E-state index contributed by atoms with van der Waals surface area (Å²) in [6.07, 6.45) is -3.03. The lowest BCUT2D eigenvalue weighted by Gasteiger charge is -2.11. The highest BCUT2D eigenvalue weighted by atomic mass is 19.4. The lowest BCUT2D eigenvalue weighted by atomic mass is 10.0. The molecule has 0 aromatic carbocycles. The van der Waals surface area contributed by atoms with Crippen molar-refractivity contribution in [1.82, 2.24) is 0 Å². The van der Waals surface area contributed by atoms with Crippen molar-refractivity contribution >= 4 is 5.71 Å². The van der Waals surface area contributed by atoms with Gasteiger partial charge in [-0.15, -0.1) is 0 Å². The van der Waals surface area contributed by atoms with Crippen molar-refractivity contribution in [2.75, 3.05) is 7.05 Å². The van der Waals surface area contributed by atoms with Gasteiger partial charge in [0.2, 0.25) is 0 Å². The fourth-order valence-corrected chi connectivity index (χ4v) is 1.12. The molecule has 0 rings (SSSR count). The Kier molecular flexibility index (Phi) is 4.73. The standard InChI is InChI=1S/C9H14F3N/c1-4-7(6-9(10,11)12)8(5-2)13-3/h4H,5-6H2,1-3H3/b7-4-,13-8?. The van der Waals surface area contributed by atoms with E-state index in [-0.39, 0.29) is 5.57 Å². The fourth-order valence-electron chi connectivity index (χ4n) is 1.12. The summed E-state index contributed by atoms with van der Waals surface area (Å²) < 4.78 is 36.1. The number of rotatable bonds is 3. The van der Waals surface area contributed by atoms with Gasteiger partial charge < -0.3 is 0 Å². The molecule has 0 aliphatic carbocycles. The maximum Gasteiger partial charge on any atom is 0.393 e. The van der Waals surface area contributed by atoms with E-state index in [2.05, 4.69) is 4.99 Å². The van der Waals surface area contributed by atoms with E-state index in [1.807, 2.05) is 0 Å². The number of aliphatic imine (C=N–C) groups is 1. The molecule has 0 heterocycles. The van der Waals surface area contributed by atoms with E-state index in [9.17, 15) is 13.2 Å². The third kappa shape index (κ3) is 4.70. The average Bonchev–Trinajstić information content (AvgIpc) is 2.02. The second-order valence-corrected chi connectivity index (χ2v) is 2.63. The summed E-state index contributed by atoms with van der Waals surface area (Å²) in [5, 5.41) is 0. The lowest BCUT2D eigenvalue weighted by molar-refractivity contribution is -0.126. The van der Waals surface area contributed by atoms with Crippen LogP contribution >= 0.6 is 0 Å². The molecule has 0 bridgehead atoms. The van der Waals surface area contributed by atoms with Crippen LogP contribution in [0.5, 0.6) is 0 Å². The van der Waals surface area contributed by atoms with Crippen LogP contribution in [0.15, 0.2) is 16.6 Å². The first-order chi connectivity index (χ1) is 5.94. The largest absolute Gasteiger partial charge is 0.393 e. The van der Waals surface area contributed by atoms with Gasteiger partial charge in [0.25, 0.3) is 0 Å². The Labute approximate surface area is 76.4 Å². The number of alkyl halides is 3. The highest BCUT2D eigenvalue weighted by molar-refractivity contribution is 5.99. The molecule has 0 radical (unpaired) electrons.